The lowest BCUT2D eigenvalue weighted by atomic mass is 9.47. The van der Waals surface area contributed by atoms with E-state index in [1.54, 1.807) is 0 Å². The third-order valence-electron chi connectivity index (χ3n) is 10.3. The molecule has 3 saturated carbocycles. The predicted octanol–water partition coefficient (Wildman–Crippen LogP) is 4.94. The normalized spacial score (nSPS) is 40.0. The number of aromatic nitrogens is 4. The standard InChI is InChI=1S/C27H37N5O/c1-16-14-17(2)32(30-16)25-28-15-22(29-25)21-8-7-19-18-6-9-23-27(4,13-11-24(33)31(23)5)20(18)10-12-26(19,21)3/h11,13-15,18-21,23H,6-10,12H2,1-5H3,(H,28,29)/t18-,19-,20+,21?,23?,26-,27+/m0/s1. The fraction of sp³-hybridized carbons (Fsp3) is 0.667. The number of hydrogen-bond acceptors (Lipinski definition) is 3. The van der Waals surface area contributed by atoms with E-state index in [1.807, 2.05) is 29.6 Å². The van der Waals surface area contributed by atoms with E-state index in [-0.39, 0.29) is 11.3 Å². The van der Waals surface area contributed by atoms with E-state index in [1.165, 1.54) is 37.8 Å². The zero-order valence-electron chi connectivity index (χ0n) is 20.6. The quantitative estimate of drug-likeness (QED) is 0.709. The average Bonchev–Trinajstić information content (AvgIpc) is 3.47. The molecule has 6 heteroatoms. The first-order chi connectivity index (χ1) is 15.7. The van der Waals surface area contributed by atoms with Gasteiger partial charge in [0, 0.05) is 36.3 Å². The molecule has 0 spiro atoms. The molecule has 2 unspecified atom stereocenters. The van der Waals surface area contributed by atoms with Gasteiger partial charge in [-0.3, -0.25) is 4.79 Å². The number of nitrogens with zero attached hydrogens (tertiary/aromatic N) is 4. The fourth-order valence-corrected chi connectivity index (χ4v) is 8.68. The lowest BCUT2D eigenvalue weighted by Crippen LogP contribution is -2.59. The maximum Gasteiger partial charge on any atom is 0.246 e. The fourth-order valence-electron chi connectivity index (χ4n) is 8.68. The molecule has 2 aromatic rings. The van der Waals surface area contributed by atoms with E-state index in [4.69, 9.17) is 4.98 Å². The minimum absolute atomic E-state index is 0.111. The number of hydrogen-bond donors (Lipinski definition) is 1. The number of rotatable bonds is 2. The van der Waals surface area contributed by atoms with Crippen LogP contribution in [0, 0.1) is 42.4 Å². The van der Waals surface area contributed by atoms with E-state index in [9.17, 15) is 4.79 Å². The summed E-state index contributed by atoms with van der Waals surface area (Å²) in [6.07, 6.45) is 13.7. The Morgan fingerprint density at radius 3 is 2.67 bits per heavy atom. The first-order valence-electron chi connectivity index (χ1n) is 12.8. The lowest BCUT2D eigenvalue weighted by Gasteiger charge is -2.60. The van der Waals surface area contributed by atoms with Crippen LogP contribution in [-0.2, 0) is 4.79 Å². The summed E-state index contributed by atoms with van der Waals surface area (Å²) in [6, 6.07) is 2.45. The second-order valence-corrected chi connectivity index (χ2v) is 11.8. The second-order valence-electron chi connectivity index (χ2n) is 11.8. The van der Waals surface area contributed by atoms with Crippen molar-refractivity contribution in [2.75, 3.05) is 7.05 Å². The molecule has 3 heterocycles. The molecule has 7 atom stereocenters. The zero-order valence-corrected chi connectivity index (χ0v) is 20.6. The topological polar surface area (TPSA) is 66.8 Å². The first-order valence-corrected chi connectivity index (χ1v) is 12.8. The van der Waals surface area contributed by atoms with Crippen LogP contribution < -0.4 is 0 Å². The number of likely N-dealkylation sites (N-methyl/N-ethyl adjacent to an activating group) is 1. The minimum atomic E-state index is 0.111. The van der Waals surface area contributed by atoms with Gasteiger partial charge in [0.05, 0.1) is 11.4 Å². The number of carbonyl (C=O) groups is 1. The van der Waals surface area contributed by atoms with Gasteiger partial charge in [-0.15, -0.1) is 0 Å². The highest BCUT2D eigenvalue weighted by atomic mass is 16.2. The highest BCUT2D eigenvalue weighted by Gasteiger charge is 2.60. The molecule has 3 fully saturated rings. The Bertz CT molecular complexity index is 1130. The highest BCUT2D eigenvalue weighted by Crippen LogP contribution is 2.67. The third-order valence-corrected chi connectivity index (χ3v) is 10.3. The highest BCUT2D eigenvalue weighted by molar-refractivity contribution is 5.89. The minimum Gasteiger partial charge on any atom is -0.338 e. The van der Waals surface area contributed by atoms with Gasteiger partial charge in [-0.05, 0) is 87.7 Å². The Morgan fingerprint density at radius 2 is 1.91 bits per heavy atom. The van der Waals surface area contributed by atoms with Crippen LogP contribution in [0.4, 0.5) is 0 Å². The molecule has 1 amide bonds. The molecule has 176 valence electrons. The summed E-state index contributed by atoms with van der Waals surface area (Å²) in [4.78, 5) is 22.8. The van der Waals surface area contributed by atoms with E-state index in [0.717, 1.165) is 35.6 Å². The number of carbonyl (C=O) groups excluding carboxylic acids is 1. The Morgan fingerprint density at radius 1 is 1.09 bits per heavy atom. The number of fused-ring (bicyclic) bond motifs is 5. The molecule has 4 aliphatic rings. The van der Waals surface area contributed by atoms with Crippen LogP contribution in [0.2, 0.25) is 0 Å². The molecule has 0 aromatic carbocycles. The summed E-state index contributed by atoms with van der Waals surface area (Å²) < 4.78 is 1.93. The van der Waals surface area contributed by atoms with Crippen LogP contribution in [0.1, 0.15) is 75.4 Å². The summed E-state index contributed by atoms with van der Waals surface area (Å²) in [7, 11) is 2.01. The van der Waals surface area contributed by atoms with Crippen molar-refractivity contribution in [2.45, 2.75) is 78.2 Å². The average molecular weight is 448 g/mol. The summed E-state index contributed by atoms with van der Waals surface area (Å²) in [6.45, 7) is 9.08. The van der Waals surface area contributed by atoms with Gasteiger partial charge >= 0.3 is 0 Å². The van der Waals surface area contributed by atoms with Crippen molar-refractivity contribution in [2.24, 2.45) is 28.6 Å². The van der Waals surface area contributed by atoms with Crippen LogP contribution in [0.3, 0.4) is 0 Å². The number of aryl methyl sites for hydroxylation is 2. The maximum atomic E-state index is 12.3. The van der Waals surface area contributed by atoms with Gasteiger partial charge in [0.25, 0.3) is 0 Å². The van der Waals surface area contributed by atoms with Crippen LogP contribution in [0.25, 0.3) is 5.95 Å². The maximum absolute atomic E-state index is 12.3. The number of aromatic amines is 1. The smallest absolute Gasteiger partial charge is 0.246 e. The van der Waals surface area contributed by atoms with Gasteiger partial charge in [-0.1, -0.05) is 19.9 Å². The third kappa shape index (κ3) is 2.88. The Balaban J connectivity index is 1.29. The summed E-state index contributed by atoms with van der Waals surface area (Å²) in [5.41, 5.74) is 3.75. The van der Waals surface area contributed by atoms with Crippen LogP contribution in [-0.4, -0.2) is 43.6 Å². The van der Waals surface area contributed by atoms with Crippen LogP contribution in [0.5, 0.6) is 0 Å². The summed E-state index contributed by atoms with van der Waals surface area (Å²) in [5, 5.41) is 4.62. The van der Waals surface area contributed by atoms with Gasteiger partial charge in [-0.2, -0.15) is 5.10 Å². The number of imidazole rings is 1. The molecule has 0 saturated heterocycles. The number of nitrogens with one attached hydrogen (secondary N) is 1. The van der Waals surface area contributed by atoms with Crippen molar-refractivity contribution >= 4 is 5.91 Å². The molecule has 6 nitrogen and oxygen atoms in total. The summed E-state index contributed by atoms with van der Waals surface area (Å²) >= 11 is 0. The second kappa shape index (κ2) is 7.07. The lowest BCUT2D eigenvalue weighted by molar-refractivity contribution is -0.138. The number of H-pyrrole nitrogens is 1. The van der Waals surface area contributed by atoms with E-state index >= 15 is 0 Å². The zero-order chi connectivity index (χ0) is 23.1. The number of amides is 1. The molecular formula is C27H37N5O. The molecule has 2 aromatic heterocycles. The van der Waals surface area contributed by atoms with Crippen molar-refractivity contribution in [1.29, 1.82) is 0 Å². The Kier molecular flexibility index (Phi) is 4.54. The van der Waals surface area contributed by atoms with Gasteiger partial charge in [0.15, 0.2) is 0 Å². The van der Waals surface area contributed by atoms with Crippen LogP contribution in [0.15, 0.2) is 24.4 Å². The molecule has 6 rings (SSSR count). The molecule has 0 bridgehead atoms. The summed E-state index contributed by atoms with van der Waals surface area (Å²) in [5.74, 6) is 3.67. The molecule has 1 N–H and O–H groups in total. The van der Waals surface area contributed by atoms with Crippen molar-refractivity contribution in [3.8, 4) is 5.95 Å². The molecule has 0 radical (unpaired) electrons. The van der Waals surface area contributed by atoms with Gasteiger partial charge in [0.1, 0.15) is 0 Å². The van der Waals surface area contributed by atoms with E-state index < -0.39 is 0 Å². The predicted molar refractivity (Wildman–Crippen MR) is 128 cm³/mol. The van der Waals surface area contributed by atoms with Crippen molar-refractivity contribution in [3.05, 3.63) is 41.5 Å². The van der Waals surface area contributed by atoms with Gasteiger partial charge < -0.3 is 9.88 Å². The van der Waals surface area contributed by atoms with Crippen molar-refractivity contribution in [1.82, 2.24) is 24.6 Å². The monoisotopic (exact) mass is 447 g/mol. The molecule has 3 aliphatic carbocycles. The van der Waals surface area contributed by atoms with E-state index in [2.05, 4.69) is 49.2 Å². The Hall–Kier alpha value is -2.37. The largest absolute Gasteiger partial charge is 0.338 e. The van der Waals surface area contributed by atoms with Crippen molar-refractivity contribution in [3.63, 3.8) is 0 Å². The van der Waals surface area contributed by atoms with E-state index in [0.29, 0.717) is 23.3 Å². The SMILES string of the molecule is Cc1cc(C)n(-c2nc(C3CC[C@H]4[C@@H]5CCC6N(C)C(=O)C=C[C@]6(C)[C@@H]5CC[C@]34C)c[nH]2)n1. The van der Waals surface area contributed by atoms with Gasteiger partial charge in [-0.25, -0.2) is 9.67 Å². The molecule has 33 heavy (non-hydrogen) atoms. The molecule has 1 aliphatic heterocycles. The van der Waals surface area contributed by atoms with Crippen LogP contribution >= 0.6 is 0 Å². The molecular weight excluding hydrogens is 410 g/mol. The Labute approximate surface area is 196 Å². The first kappa shape index (κ1) is 21.2. The van der Waals surface area contributed by atoms with Gasteiger partial charge in [0.2, 0.25) is 11.9 Å². The van der Waals surface area contributed by atoms with Crippen molar-refractivity contribution < 1.29 is 4.79 Å².